The Labute approximate surface area is 113 Å². The second-order valence-electron chi connectivity index (χ2n) is 5.20. The van der Waals surface area contributed by atoms with Gasteiger partial charge in [-0.1, -0.05) is 6.08 Å². The van der Waals surface area contributed by atoms with Gasteiger partial charge in [0, 0.05) is 37.9 Å². The van der Waals surface area contributed by atoms with Gasteiger partial charge < -0.3 is 14.6 Å². The van der Waals surface area contributed by atoms with Crippen LogP contribution in [-0.4, -0.2) is 30.7 Å². The molecule has 4 heteroatoms. The second kappa shape index (κ2) is 5.21. The van der Waals surface area contributed by atoms with Crippen molar-refractivity contribution in [2.45, 2.75) is 32.2 Å². The lowest BCUT2D eigenvalue weighted by molar-refractivity contribution is -0.140. The lowest BCUT2D eigenvalue weighted by Gasteiger charge is -2.15. The first-order valence-electron chi connectivity index (χ1n) is 6.97. The van der Waals surface area contributed by atoms with Gasteiger partial charge in [0.15, 0.2) is 0 Å². The van der Waals surface area contributed by atoms with E-state index in [0.29, 0.717) is 6.42 Å². The molecule has 0 unspecified atom stereocenters. The van der Waals surface area contributed by atoms with Crippen molar-refractivity contribution in [3.8, 4) is 0 Å². The molecule has 0 saturated carbocycles. The molecule has 0 atom stereocenters. The molecule has 0 saturated heterocycles. The Kier molecular flexibility index (Phi) is 3.42. The normalized spacial score (nSPS) is 17.4. The van der Waals surface area contributed by atoms with Gasteiger partial charge in [0.25, 0.3) is 0 Å². The number of hydrogen-bond donors (Lipinski definition) is 1. The standard InChI is InChI=1S/C15H20N2O2/c1-19-14(18)6-5-12-10-17-8-7-16-9-11-3-2-4-13(12)15(11)17/h3,10,16H,2,4-9H2,1H3. The molecule has 1 N–H and O–H groups in total. The maximum Gasteiger partial charge on any atom is 0.305 e. The third kappa shape index (κ3) is 2.32. The number of methoxy groups -OCH3 is 1. The topological polar surface area (TPSA) is 43.3 Å². The smallest absolute Gasteiger partial charge is 0.305 e. The quantitative estimate of drug-likeness (QED) is 0.838. The van der Waals surface area contributed by atoms with Crippen LogP contribution in [0.3, 0.4) is 0 Å². The average Bonchev–Trinajstić information content (AvgIpc) is 2.66. The van der Waals surface area contributed by atoms with E-state index in [9.17, 15) is 4.79 Å². The van der Waals surface area contributed by atoms with E-state index in [4.69, 9.17) is 4.74 Å². The van der Waals surface area contributed by atoms with Crippen LogP contribution in [0.2, 0.25) is 0 Å². The van der Waals surface area contributed by atoms with Crippen molar-refractivity contribution in [3.63, 3.8) is 0 Å². The van der Waals surface area contributed by atoms with Crippen LogP contribution in [-0.2, 0) is 28.9 Å². The first kappa shape index (κ1) is 12.5. The van der Waals surface area contributed by atoms with E-state index in [0.717, 1.165) is 38.9 Å². The summed E-state index contributed by atoms with van der Waals surface area (Å²) in [5, 5.41) is 3.46. The summed E-state index contributed by atoms with van der Waals surface area (Å²) >= 11 is 0. The summed E-state index contributed by atoms with van der Waals surface area (Å²) < 4.78 is 7.09. The van der Waals surface area contributed by atoms with Crippen LogP contribution >= 0.6 is 0 Å². The number of allylic oxidation sites excluding steroid dienone is 1. The van der Waals surface area contributed by atoms with Crippen LogP contribution < -0.4 is 5.32 Å². The van der Waals surface area contributed by atoms with Crippen molar-refractivity contribution in [1.29, 1.82) is 0 Å². The van der Waals surface area contributed by atoms with E-state index in [2.05, 4.69) is 22.2 Å². The zero-order valence-corrected chi connectivity index (χ0v) is 11.4. The maximum atomic E-state index is 11.3. The van der Waals surface area contributed by atoms with E-state index in [1.807, 2.05) is 0 Å². The van der Waals surface area contributed by atoms with Crippen molar-refractivity contribution in [1.82, 2.24) is 9.88 Å². The van der Waals surface area contributed by atoms with E-state index in [1.165, 1.54) is 29.5 Å². The van der Waals surface area contributed by atoms with Crippen molar-refractivity contribution >= 4 is 11.5 Å². The highest BCUT2D eigenvalue weighted by Crippen LogP contribution is 2.32. The molecule has 0 fully saturated rings. The lowest BCUT2D eigenvalue weighted by Crippen LogP contribution is -2.17. The number of ether oxygens (including phenoxy) is 1. The molecular weight excluding hydrogens is 240 g/mol. The summed E-state index contributed by atoms with van der Waals surface area (Å²) in [7, 11) is 1.45. The van der Waals surface area contributed by atoms with Crippen LogP contribution in [0.4, 0.5) is 0 Å². The molecule has 102 valence electrons. The van der Waals surface area contributed by atoms with Crippen LogP contribution in [0.15, 0.2) is 12.3 Å². The number of carbonyl (C=O) groups is 1. The van der Waals surface area contributed by atoms with Crippen LogP contribution in [0, 0.1) is 0 Å². The first-order chi connectivity index (χ1) is 9.29. The number of hydrogen-bond acceptors (Lipinski definition) is 3. The highest BCUT2D eigenvalue weighted by molar-refractivity contribution is 5.72. The molecule has 3 rings (SSSR count). The van der Waals surface area contributed by atoms with Gasteiger partial charge in [0.05, 0.1) is 7.11 Å². The molecule has 0 spiro atoms. The molecule has 4 nitrogen and oxygen atoms in total. The molecule has 0 bridgehead atoms. The van der Waals surface area contributed by atoms with Crippen LogP contribution in [0.1, 0.15) is 29.7 Å². The van der Waals surface area contributed by atoms with Gasteiger partial charge in [0.1, 0.15) is 0 Å². The largest absolute Gasteiger partial charge is 0.469 e. The van der Waals surface area contributed by atoms with Gasteiger partial charge >= 0.3 is 5.97 Å². The Morgan fingerprint density at radius 1 is 1.53 bits per heavy atom. The van der Waals surface area contributed by atoms with Crippen molar-refractivity contribution in [3.05, 3.63) is 29.1 Å². The predicted molar refractivity (Wildman–Crippen MR) is 73.9 cm³/mol. The van der Waals surface area contributed by atoms with Gasteiger partial charge in [0.2, 0.25) is 0 Å². The Balaban J connectivity index is 1.90. The number of rotatable bonds is 3. The molecule has 2 aliphatic rings. The lowest BCUT2D eigenvalue weighted by atomic mass is 9.93. The summed E-state index contributed by atoms with van der Waals surface area (Å²) in [5.41, 5.74) is 5.59. The van der Waals surface area contributed by atoms with Crippen molar-refractivity contribution in [2.75, 3.05) is 20.2 Å². The highest BCUT2D eigenvalue weighted by atomic mass is 16.5. The molecular formula is C15H20N2O2. The molecule has 1 aromatic rings. The number of carbonyl (C=O) groups excluding carboxylic acids is 1. The number of aryl methyl sites for hydroxylation is 1. The minimum Gasteiger partial charge on any atom is -0.469 e. The second-order valence-corrected chi connectivity index (χ2v) is 5.20. The number of nitrogens with one attached hydrogen (secondary N) is 1. The van der Waals surface area contributed by atoms with Gasteiger partial charge in [-0.25, -0.2) is 0 Å². The molecule has 1 aromatic heterocycles. The van der Waals surface area contributed by atoms with Crippen LogP contribution in [0.5, 0.6) is 0 Å². The highest BCUT2D eigenvalue weighted by Gasteiger charge is 2.23. The monoisotopic (exact) mass is 260 g/mol. The fourth-order valence-corrected chi connectivity index (χ4v) is 3.11. The number of esters is 1. The zero-order valence-electron chi connectivity index (χ0n) is 11.4. The molecule has 2 heterocycles. The van der Waals surface area contributed by atoms with Gasteiger partial charge in [-0.05, 0) is 36.0 Å². The first-order valence-corrected chi connectivity index (χ1v) is 6.97. The average molecular weight is 260 g/mol. The number of nitrogens with zero attached hydrogens (tertiary/aromatic N) is 1. The van der Waals surface area contributed by atoms with Crippen molar-refractivity contribution < 1.29 is 9.53 Å². The van der Waals surface area contributed by atoms with E-state index in [1.54, 1.807) is 0 Å². The molecule has 0 aromatic carbocycles. The third-order valence-electron chi connectivity index (χ3n) is 4.03. The van der Waals surface area contributed by atoms with E-state index in [-0.39, 0.29) is 5.97 Å². The minimum absolute atomic E-state index is 0.123. The summed E-state index contributed by atoms with van der Waals surface area (Å²) in [4.78, 5) is 11.3. The van der Waals surface area contributed by atoms with E-state index < -0.39 is 0 Å². The van der Waals surface area contributed by atoms with Crippen molar-refractivity contribution in [2.24, 2.45) is 0 Å². The molecule has 19 heavy (non-hydrogen) atoms. The molecule has 1 aliphatic heterocycles. The van der Waals surface area contributed by atoms with Crippen LogP contribution in [0.25, 0.3) is 5.57 Å². The summed E-state index contributed by atoms with van der Waals surface area (Å²) in [6.07, 6.45) is 8.07. The summed E-state index contributed by atoms with van der Waals surface area (Å²) in [6, 6.07) is 0. The van der Waals surface area contributed by atoms with Gasteiger partial charge in [-0.15, -0.1) is 0 Å². The summed E-state index contributed by atoms with van der Waals surface area (Å²) in [5.74, 6) is -0.123. The van der Waals surface area contributed by atoms with Gasteiger partial charge in [-0.3, -0.25) is 4.79 Å². The SMILES string of the molecule is COC(=O)CCc1cn2c3c1CCC=C3CNCC2. The molecule has 0 radical (unpaired) electrons. The Morgan fingerprint density at radius 2 is 2.42 bits per heavy atom. The number of aromatic nitrogens is 1. The molecule has 1 aliphatic carbocycles. The molecule has 0 amide bonds. The minimum atomic E-state index is -0.123. The predicted octanol–water partition coefficient (Wildman–Crippen LogP) is 1.53. The fourth-order valence-electron chi connectivity index (χ4n) is 3.11. The Morgan fingerprint density at radius 3 is 3.26 bits per heavy atom. The zero-order chi connectivity index (χ0) is 13.2. The fraction of sp³-hybridized carbons (Fsp3) is 0.533. The van der Waals surface area contributed by atoms with E-state index >= 15 is 0 Å². The van der Waals surface area contributed by atoms with Gasteiger partial charge in [-0.2, -0.15) is 0 Å². The Hall–Kier alpha value is -1.55. The maximum absolute atomic E-state index is 11.3. The Bertz CT molecular complexity index is 528. The third-order valence-corrected chi connectivity index (χ3v) is 4.03. The summed E-state index contributed by atoms with van der Waals surface area (Å²) in [6.45, 7) is 2.99.